The third-order valence-electron chi connectivity index (χ3n) is 2.13. The molecule has 0 saturated heterocycles. The molecular weight excluding hydrogens is 270 g/mol. The summed E-state index contributed by atoms with van der Waals surface area (Å²) >= 11 is 0. The van der Waals surface area contributed by atoms with Crippen LogP contribution in [0.5, 0.6) is 0 Å². The molecule has 2 N–H and O–H groups in total. The molecule has 1 aromatic rings. The fourth-order valence-corrected chi connectivity index (χ4v) is 1.36. The lowest BCUT2D eigenvalue weighted by Gasteiger charge is -2.13. The Bertz CT molecular complexity index is 541. The van der Waals surface area contributed by atoms with Gasteiger partial charge in [0.25, 0.3) is 5.69 Å². The number of carboxylic acid groups (broad SMARTS) is 2. The summed E-state index contributed by atoms with van der Waals surface area (Å²) in [7, 11) is 0. The van der Waals surface area contributed by atoms with Crippen molar-refractivity contribution in [2.45, 2.75) is 0 Å². The van der Waals surface area contributed by atoms with Gasteiger partial charge in [-0.25, -0.2) is 0 Å². The second kappa shape index (κ2) is 6.83. The highest BCUT2D eigenvalue weighted by molar-refractivity contribution is 5.85. The number of hydrogen-bond acceptors (Lipinski definition) is 6. The molecule has 0 bridgehead atoms. The highest BCUT2D eigenvalue weighted by atomic mass is 16.6. The first kappa shape index (κ1) is 15.1. The van der Waals surface area contributed by atoms with Gasteiger partial charge in [0.2, 0.25) is 0 Å². The third kappa shape index (κ3) is 4.72. The maximum atomic E-state index is 10.8. The summed E-state index contributed by atoms with van der Waals surface area (Å²) in [6, 6.07) is 5.70. The number of para-hydroxylation sites is 1. The topological polar surface area (TPSA) is 133 Å². The number of carboxylic acids is 2. The Labute approximate surface area is 112 Å². The fourth-order valence-electron chi connectivity index (χ4n) is 1.36. The first-order valence-electron chi connectivity index (χ1n) is 5.36. The van der Waals surface area contributed by atoms with Crippen LogP contribution in [0.3, 0.4) is 0 Å². The molecule has 0 spiro atoms. The summed E-state index contributed by atoms with van der Waals surface area (Å²) < 4.78 is 0. The van der Waals surface area contributed by atoms with Crippen molar-refractivity contribution in [3.63, 3.8) is 0 Å². The minimum Gasteiger partial charge on any atom is -0.480 e. The molecular formula is C11H11N3O6. The van der Waals surface area contributed by atoms with Crippen LogP contribution in [-0.2, 0) is 9.59 Å². The van der Waals surface area contributed by atoms with Crippen LogP contribution < -0.4 is 0 Å². The zero-order valence-electron chi connectivity index (χ0n) is 10.2. The highest BCUT2D eigenvalue weighted by Crippen LogP contribution is 2.15. The van der Waals surface area contributed by atoms with E-state index in [2.05, 4.69) is 5.10 Å². The summed E-state index contributed by atoms with van der Waals surface area (Å²) in [5, 5.41) is 32.4. The predicted octanol–water partition coefficient (Wildman–Crippen LogP) is 0.400. The van der Waals surface area contributed by atoms with Gasteiger partial charge in [-0.2, -0.15) is 5.10 Å². The predicted molar refractivity (Wildman–Crippen MR) is 67.5 cm³/mol. The lowest BCUT2D eigenvalue weighted by Crippen LogP contribution is -2.30. The molecule has 9 nitrogen and oxygen atoms in total. The second-order valence-corrected chi connectivity index (χ2v) is 3.67. The van der Waals surface area contributed by atoms with Gasteiger partial charge in [-0.05, 0) is 6.07 Å². The van der Waals surface area contributed by atoms with Gasteiger partial charge in [-0.1, -0.05) is 12.1 Å². The van der Waals surface area contributed by atoms with Crippen LogP contribution in [0.15, 0.2) is 29.4 Å². The van der Waals surface area contributed by atoms with E-state index in [9.17, 15) is 19.7 Å². The highest BCUT2D eigenvalue weighted by Gasteiger charge is 2.13. The molecule has 0 atom stereocenters. The first-order chi connectivity index (χ1) is 9.40. The van der Waals surface area contributed by atoms with Gasteiger partial charge >= 0.3 is 11.9 Å². The van der Waals surface area contributed by atoms with E-state index in [0.29, 0.717) is 0 Å². The quantitative estimate of drug-likeness (QED) is 0.419. The Morgan fingerprint density at radius 3 is 2.30 bits per heavy atom. The molecule has 0 amide bonds. The summed E-state index contributed by atoms with van der Waals surface area (Å²) in [6.07, 6.45) is 1.06. The number of nitro groups is 1. The van der Waals surface area contributed by atoms with Gasteiger partial charge in [0.05, 0.1) is 16.7 Å². The zero-order chi connectivity index (χ0) is 15.1. The van der Waals surface area contributed by atoms with Gasteiger partial charge in [-0.3, -0.25) is 24.7 Å². The van der Waals surface area contributed by atoms with Crippen molar-refractivity contribution in [1.82, 2.24) is 5.01 Å². The van der Waals surface area contributed by atoms with Crippen molar-refractivity contribution in [1.29, 1.82) is 0 Å². The Morgan fingerprint density at radius 1 is 1.25 bits per heavy atom. The maximum absolute atomic E-state index is 10.8. The Hall–Kier alpha value is -2.97. The standard InChI is InChI=1S/C11H11N3O6/c15-10(16)6-13(7-11(17)18)12-5-8-3-1-2-4-9(8)14(19)20/h1-5H,6-7H2,(H,15,16)(H,17,18)/b12-5-. The summed E-state index contributed by atoms with van der Waals surface area (Å²) in [5.74, 6) is -2.52. The van der Waals surface area contributed by atoms with Crippen molar-refractivity contribution in [2.24, 2.45) is 5.10 Å². The van der Waals surface area contributed by atoms with Gasteiger partial charge in [0.15, 0.2) is 0 Å². The van der Waals surface area contributed by atoms with Crippen LogP contribution in [0, 0.1) is 10.1 Å². The van der Waals surface area contributed by atoms with Gasteiger partial charge < -0.3 is 10.2 Å². The van der Waals surface area contributed by atoms with Crippen LogP contribution in [0.4, 0.5) is 5.69 Å². The minimum atomic E-state index is -1.26. The van der Waals surface area contributed by atoms with Crippen molar-refractivity contribution in [3.8, 4) is 0 Å². The number of nitro benzene ring substituents is 1. The number of carbonyl (C=O) groups is 2. The Balaban J connectivity index is 2.94. The molecule has 0 aliphatic carbocycles. The molecule has 0 aliphatic rings. The van der Waals surface area contributed by atoms with E-state index in [1.165, 1.54) is 18.2 Å². The van der Waals surface area contributed by atoms with E-state index in [-0.39, 0.29) is 11.3 Å². The zero-order valence-corrected chi connectivity index (χ0v) is 10.2. The molecule has 0 aromatic heterocycles. The van der Waals surface area contributed by atoms with Crippen LogP contribution >= 0.6 is 0 Å². The molecule has 20 heavy (non-hydrogen) atoms. The molecule has 0 heterocycles. The van der Waals surface area contributed by atoms with Gasteiger partial charge in [0.1, 0.15) is 13.1 Å². The molecule has 0 fully saturated rings. The summed E-state index contributed by atoms with van der Waals surface area (Å²) in [5.41, 5.74) is -0.0554. The molecule has 0 radical (unpaired) electrons. The lowest BCUT2D eigenvalue weighted by atomic mass is 10.2. The van der Waals surface area contributed by atoms with Crippen LogP contribution in [-0.4, -0.2) is 51.4 Å². The average Bonchev–Trinajstić information content (AvgIpc) is 2.34. The van der Waals surface area contributed by atoms with Gasteiger partial charge in [0, 0.05) is 6.07 Å². The normalized spacial score (nSPS) is 10.4. The molecule has 0 unspecified atom stereocenters. The number of nitrogens with zero attached hydrogens (tertiary/aromatic N) is 3. The average molecular weight is 281 g/mol. The van der Waals surface area contributed by atoms with E-state index in [4.69, 9.17) is 10.2 Å². The van der Waals surface area contributed by atoms with Crippen molar-refractivity contribution in [3.05, 3.63) is 39.9 Å². The van der Waals surface area contributed by atoms with E-state index >= 15 is 0 Å². The molecule has 9 heteroatoms. The molecule has 0 aliphatic heterocycles. The second-order valence-electron chi connectivity index (χ2n) is 3.67. The Morgan fingerprint density at radius 2 is 1.80 bits per heavy atom. The van der Waals surface area contributed by atoms with E-state index in [0.717, 1.165) is 11.2 Å². The minimum absolute atomic E-state index is 0.151. The lowest BCUT2D eigenvalue weighted by molar-refractivity contribution is -0.385. The van der Waals surface area contributed by atoms with E-state index in [1.54, 1.807) is 6.07 Å². The summed E-state index contributed by atoms with van der Waals surface area (Å²) in [6.45, 7) is -1.24. The van der Waals surface area contributed by atoms with Crippen molar-refractivity contribution < 1.29 is 24.7 Å². The molecule has 106 valence electrons. The summed E-state index contributed by atoms with van der Waals surface area (Å²) in [4.78, 5) is 31.3. The monoisotopic (exact) mass is 281 g/mol. The maximum Gasteiger partial charge on any atom is 0.324 e. The number of rotatable bonds is 7. The number of hydrogen-bond donors (Lipinski definition) is 2. The van der Waals surface area contributed by atoms with Crippen molar-refractivity contribution in [2.75, 3.05) is 13.1 Å². The first-order valence-corrected chi connectivity index (χ1v) is 5.36. The van der Waals surface area contributed by atoms with Gasteiger partial charge in [-0.15, -0.1) is 0 Å². The van der Waals surface area contributed by atoms with Crippen LogP contribution in [0.2, 0.25) is 0 Å². The fraction of sp³-hybridized carbons (Fsp3) is 0.182. The SMILES string of the molecule is O=C(O)CN(CC(=O)O)/N=C\c1ccccc1[N+](=O)[O-]. The Kier molecular flexibility index (Phi) is 5.15. The van der Waals surface area contributed by atoms with Crippen LogP contribution in [0.25, 0.3) is 0 Å². The van der Waals surface area contributed by atoms with E-state index < -0.39 is 30.0 Å². The largest absolute Gasteiger partial charge is 0.480 e. The molecule has 1 rings (SSSR count). The molecule has 1 aromatic carbocycles. The number of hydrazone groups is 1. The number of aliphatic carboxylic acids is 2. The van der Waals surface area contributed by atoms with E-state index in [1.807, 2.05) is 0 Å². The smallest absolute Gasteiger partial charge is 0.324 e. The van der Waals surface area contributed by atoms with Crippen LogP contribution in [0.1, 0.15) is 5.56 Å². The van der Waals surface area contributed by atoms with Crippen molar-refractivity contribution >= 4 is 23.8 Å². The number of benzene rings is 1. The third-order valence-corrected chi connectivity index (χ3v) is 2.13. The molecule has 0 saturated carbocycles.